The van der Waals surface area contributed by atoms with Gasteiger partial charge in [0.05, 0.1) is 16.1 Å². The molecule has 0 spiro atoms. The lowest BCUT2D eigenvalue weighted by Crippen LogP contribution is -2.30. The summed E-state index contributed by atoms with van der Waals surface area (Å²) in [5, 5.41) is 11.6. The second kappa shape index (κ2) is 6.91. The molecule has 0 fully saturated rings. The van der Waals surface area contributed by atoms with Gasteiger partial charge in [-0.3, -0.25) is 4.79 Å². The molecule has 4 nitrogen and oxygen atoms in total. The fraction of sp³-hybridized carbons (Fsp3) is 0.125. The average Bonchev–Trinajstić information content (AvgIpc) is 2.49. The number of benzene rings is 2. The molecule has 0 saturated heterocycles. The lowest BCUT2D eigenvalue weighted by molar-refractivity contribution is -0.122. The molecule has 2 aromatic rings. The first-order valence-electron chi connectivity index (χ1n) is 6.32. The Morgan fingerprint density at radius 2 is 2.05 bits per heavy atom. The van der Waals surface area contributed by atoms with Gasteiger partial charge in [0.25, 0.3) is 5.91 Å². The molecule has 1 atom stereocenters. The predicted molar refractivity (Wildman–Crippen MR) is 84.0 cm³/mol. The number of rotatable bonds is 4. The van der Waals surface area contributed by atoms with E-state index in [0.29, 0.717) is 17.0 Å². The molecule has 0 aliphatic heterocycles. The lowest BCUT2D eigenvalue weighted by atomic mass is 10.2. The largest absolute Gasteiger partial charge is 0.480 e. The number of anilines is 1. The number of carbonyl (C=O) groups excluding carboxylic acids is 1. The van der Waals surface area contributed by atoms with Crippen LogP contribution in [0, 0.1) is 11.3 Å². The van der Waals surface area contributed by atoms with Gasteiger partial charge in [-0.1, -0.05) is 18.2 Å². The molecule has 0 aliphatic carbocycles. The van der Waals surface area contributed by atoms with Gasteiger partial charge >= 0.3 is 0 Å². The van der Waals surface area contributed by atoms with Crippen LogP contribution in [0.25, 0.3) is 0 Å². The number of hydrogen-bond donors (Lipinski definition) is 1. The van der Waals surface area contributed by atoms with Crippen molar-refractivity contribution in [2.45, 2.75) is 13.0 Å². The second-order valence-corrected chi connectivity index (χ2v) is 5.23. The minimum atomic E-state index is -0.658. The van der Waals surface area contributed by atoms with Crippen LogP contribution in [-0.4, -0.2) is 12.0 Å². The highest BCUT2D eigenvalue weighted by molar-refractivity contribution is 9.10. The zero-order chi connectivity index (χ0) is 15.2. The molecule has 21 heavy (non-hydrogen) atoms. The Labute approximate surface area is 131 Å². The van der Waals surface area contributed by atoms with Crippen LogP contribution >= 0.6 is 15.9 Å². The van der Waals surface area contributed by atoms with Gasteiger partial charge in [-0.25, -0.2) is 0 Å². The highest BCUT2D eigenvalue weighted by Crippen LogP contribution is 2.25. The van der Waals surface area contributed by atoms with E-state index in [0.717, 1.165) is 4.47 Å². The van der Waals surface area contributed by atoms with Crippen LogP contribution in [0.4, 0.5) is 5.69 Å². The van der Waals surface area contributed by atoms with Crippen molar-refractivity contribution < 1.29 is 9.53 Å². The molecule has 0 radical (unpaired) electrons. The molecule has 2 rings (SSSR count). The van der Waals surface area contributed by atoms with Crippen LogP contribution in [-0.2, 0) is 4.79 Å². The number of para-hydroxylation sites is 1. The van der Waals surface area contributed by atoms with Crippen LogP contribution < -0.4 is 10.1 Å². The molecular formula is C16H13BrN2O2. The molecule has 0 saturated carbocycles. The molecule has 0 aliphatic rings. The van der Waals surface area contributed by atoms with Crippen molar-refractivity contribution in [3.05, 3.63) is 58.6 Å². The van der Waals surface area contributed by atoms with Crippen LogP contribution in [0.1, 0.15) is 12.5 Å². The van der Waals surface area contributed by atoms with E-state index in [-0.39, 0.29) is 5.91 Å². The monoisotopic (exact) mass is 344 g/mol. The first kappa shape index (κ1) is 15.1. The molecule has 1 unspecified atom stereocenters. The third-order valence-electron chi connectivity index (χ3n) is 2.77. The minimum absolute atomic E-state index is 0.277. The molecule has 106 valence electrons. The van der Waals surface area contributed by atoms with Crippen molar-refractivity contribution in [1.29, 1.82) is 5.26 Å². The first-order valence-corrected chi connectivity index (χ1v) is 7.11. The smallest absolute Gasteiger partial charge is 0.265 e. The van der Waals surface area contributed by atoms with E-state index in [9.17, 15) is 4.79 Å². The number of hydrogen-bond acceptors (Lipinski definition) is 3. The van der Waals surface area contributed by atoms with Gasteiger partial charge in [-0.05, 0) is 53.2 Å². The van der Waals surface area contributed by atoms with Crippen LogP contribution in [0.5, 0.6) is 5.75 Å². The summed E-state index contributed by atoms with van der Waals surface area (Å²) in [6.07, 6.45) is -0.658. The summed E-state index contributed by atoms with van der Waals surface area (Å²) in [5.41, 5.74) is 1.06. The third-order valence-corrected chi connectivity index (χ3v) is 3.42. The number of carbonyl (C=O) groups is 1. The topological polar surface area (TPSA) is 62.1 Å². The Morgan fingerprint density at radius 3 is 2.76 bits per heavy atom. The van der Waals surface area contributed by atoms with Crippen molar-refractivity contribution in [2.75, 3.05) is 5.32 Å². The second-order valence-electron chi connectivity index (χ2n) is 4.37. The van der Waals surface area contributed by atoms with E-state index in [2.05, 4.69) is 21.2 Å². The van der Waals surface area contributed by atoms with Crippen molar-refractivity contribution in [1.82, 2.24) is 0 Å². The van der Waals surface area contributed by atoms with Crippen molar-refractivity contribution in [3.63, 3.8) is 0 Å². The van der Waals surface area contributed by atoms with Crippen LogP contribution in [0.15, 0.2) is 53.0 Å². The molecule has 2 aromatic carbocycles. The van der Waals surface area contributed by atoms with E-state index in [1.165, 1.54) is 0 Å². The molecular weight excluding hydrogens is 332 g/mol. The summed E-state index contributed by atoms with van der Waals surface area (Å²) < 4.78 is 6.40. The number of halogens is 1. The summed E-state index contributed by atoms with van der Waals surface area (Å²) in [6, 6.07) is 16.1. The number of nitrogens with zero attached hydrogens (tertiary/aromatic N) is 1. The molecule has 1 amide bonds. The highest BCUT2D eigenvalue weighted by Gasteiger charge is 2.16. The number of nitriles is 1. The van der Waals surface area contributed by atoms with E-state index in [4.69, 9.17) is 10.00 Å². The Hall–Kier alpha value is -2.32. The predicted octanol–water partition coefficient (Wildman–Crippen LogP) is 3.73. The third kappa shape index (κ3) is 4.07. The van der Waals surface area contributed by atoms with E-state index >= 15 is 0 Å². The van der Waals surface area contributed by atoms with E-state index in [1.54, 1.807) is 37.3 Å². The summed E-state index contributed by atoms with van der Waals surface area (Å²) in [4.78, 5) is 12.1. The number of ether oxygens (including phenoxy) is 1. The summed E-state index contributed by atoms with van der Waals surface area (Å²) in [6.45, 7) is 1.67. The van der Waals surface area contributed by atoms with Crippen LogP contribution in [0.2, 0.25) is 0 Å². The van der Waals surface area contributed by atoms with Crippen LogP contribution in [0.3, 0.4) is 0 Å². The van der Waals surface area contributed by atoms with Gasteiger partial charge in [-0.2, -0.15) is 5.26 Å². The quantitative estimate of drug-likeness (QED) is 0.919. The van der Waals surface area contributed by atoms with Gasteiger partial charge in [-0.15, -0.1) is 0 Å². The summed E-state index contributed by atoms with van der Waals surface area (Å²) in [5.74, 6) is 0.326. The van der Waals surface area contributed by atoms with Crippen molar-refractivity contribution in [2.24, 2.45) is 0 Å². The van der Waals surface area contributed by atoms with Gasteiger partial charge < -0.3 is 10.1 Å². The molecule has 1 N–H and O–H groups in total. The van der Waals surface area contributed by atoms with E-state index < -0.39 is 6.10 Å². The fourth-order valence-electron chi connectivity index (χ4n) is 1.69. The maximum Gasteiger partial charge on any atom is 0.265 e. The summed E-state index contributed by atoms with van der Waals surface area (Å²) in [7, 11) is 0. The van der Waals surface area contributed by atoms with Gasteiger partial charge in [0, 0.05) is 5.69 Å². The van der Waals surface area contributed by atoms with Gasteiger partial charge in [0.1, 0.15) is 5.75 Å². The standard InChI is InChI=1S/C16H13BrN2O2/c1-11(21-15-8-3-2-7-14(15)17)16(20)19-13-6-4-5-12(9-13)10-18/h2-9,11H,1H3,(H,19,20). The van der Waals surface area contributed by atoms with Crippen molar-refractivity contribution in [3.8, 4) is 11.8 Å². The Kier molecular flexibility index (Phi) is 4.96. The SMILES string of the molecule is CC(Oc1ccccc1Br)C(=O)Nc1cccc(C#N)c1. The fourth-order valence-corrected chi connectivity index (χ4v) is 2.07. The normalized spacial score (nSPS) is 11.3. The highest BCUT2D eigenvalue weighted by atomic mass is 79.9. The zero-order valence-corrected chi connectivity index (χ0v) is 12.9. The average molecular weight is 345 g/mol. The molecule has 5 heteroatoms. The Balaban J connectivity index is 2.03. The molecule has 0 bridgehead atoms. The zero-order valence-electron chi connectivity index (χ0n) is 11.3. The Morgan fingerprint density at radius 1 is 1.29 bits per heavy atom. The number of amides is 1. The summed E-state index contributed by atoms with van der Waals surface area (Å²) >= 11 is 3.37. The van der Waals surface area contributed by atoms with Gasteiger partial charge in [0.15, 0.2) is 6.10 Å². The Bertz CT molecular complexity index is 695. The molecule has 0 heterocycles. The van der Waals surface area contributed by atoms with E-state index in [1.807, 2.05) is 24.3 Å². The first-order chi connectivity index (χ1) is 10.1. The lowest BCUT2D eigenvalue weighted by Gasteiger charge is -2.15. The maximum absolute atomic E-state index is 12.1. The van der Waals surface area contributed by atoms with Crippen molar-refractivity contribution >= 4 is 27.5 Å². The number of nitrogens with one attached hydrogen (secondary N) is 1. The minimum Gasteiger partial charge on any atom is -0.480 e. The molecule has 0 aromatic heterocycles. The maximum atomic E-state index is 12.1. The van der Waals surface area contributed by atoms with Gasteiger partial charge in [0.2, 0.25) is 0 Å².